The first-order chi connectivity index (χ1) is 9.26. The van der Waals surface area contributed by atoms with Crippen LogP contribution in [-0.2, 0) is 13.8 Å². The van der Waals surface area contributed by atoms with Crippen LogP contribution in [0.4, 0.5) is 0 Å². The summed E-state index contributed by atoms with van der Waals surface area (Å²) in [6.45, 7) is -0.514. The Labute approximate surface area is 111 Å². The van der Waals surface area contributed by atoms with E-state index in [-0.39, 0.29) is 6.42 Å². The molecule has 1 aliphatic rings. The summed E-state index contributed by atoms with van der Waals surface area (Å²) in [6.07, 6.45) is -1.64. The van der Waals surface area contributed by atoms with Gasteiger partial charge < -0.3 is 19.6 Å². The Bertz CT molecular complexity index is 633. The number of phosphoric acid groups is 1. The molecule has 112 valence electrons. The summed E-state index contributed by atoms with van der Waals surface area (Å²) in [5.41, 5.74) is -1.27. The maximum absolute atomic E-state index is 11.5. The molecule has 20 heavy (non-hydrogen) atoms. The number of nitrogens with one attached hydrogen (secondary N) is 1. The molecule has 1 aliphatic heterocycles. The van der Waals surface area contributed by atoms with Crippen molar-refractivity contribution in [2.24, 2.45) is 0 Å². The van der Waals surface area contributed by atoms with E-state index in [4.69, 9.17) is 14.5 Å². The van der Waals surface area contributed by atoms with Gasteiger partial charge in [0.25, 0.3) is 5.56 Å². The van der Waals surface area contributed by atoms with Crippen molar-refractivity contribution in [3.05, 3.63) is 33.1 Å². The Balaban J connectivity index is 2.08. The summed E-state index contributed by atoms with van der Waals surface area (Å²) in [7, 11) is -4.66. The van der Waals surface area contributed by atoms with Gasteiger partial charge in [0, 0.05) is 18.7 Å². The summed E-state index contributed by atoms with van der Waals surface area (Å²) >= 11 is 0. The maximum atomic E-state index is 11.5. The Kier molecular flexibility index (Phi) is 4.23. The lowest BCUT2D eigenvalue weighted by Gasteiger charge is -2.16. The number of hydrogen-bond donors (Lipinski definition) is 4. The van der Waals surface area contributed by atoms with Crippen LogP contribution in [0, 0.1) is 0 Å². The first kappa shape index (κ1) is 15.1. The Morgan fingerprint density at radius 3 is 2.80 bits per heavy atom. The molecule has 0 aliphatic carbocycles. The molecule has 2 rings (SSSR count). The predicted molar refractivity (Wildman–Crippen MR) is 63.9 cm³/mol. The second-order valence-corrected chi connectivity index (χ2v) is 5.48. The number of hydrogen-bond acceptors (Lipinski definition) is 6. The molecule has 2 heterocycles. The zero-order chi connectivity index (χ0) is 14.9. The van der Waals surface area contributed by atoms with E-state index in [1.807, 2.05) is 4.98 Å². The molecular weight excluding hydrogens is 295 g/mol. The zero-order valence-electron chi connectivity index (χ0n) is 10.1. The van der Waals surface area contributed by atoms with Crippen LogP contribution in [0.2, 0.25) is 0 Å². The molecule has 11 heteroatoms. The van der Waals surface area contributed by atoms with Crippen LogP contribution in [0.25, 0.3) is 0 Å². The van der Waals surface area contributed by atoms with Crippen LogP contribution in [0.1, 0.15) is 12.6 Å². The average Bonchev–Trinajstić information content (AvgIpc) is 2.67. The number of aliphatic hydroxyl groups excluding tert-OH is 1. The molecule has 0 bridgehead atoms. The standard InChI is InChI=1S/C9H13N2O8P/c12-5-3-8(11-2-1-7(13)10-9(11)14)19-6(5)4-18-20(15,16)17/h1-2,5-6,8,12H,3-4H2,(H,10,13,14)(H2,15,16,17)/t5-,6+,8-/m0/s1. The third-order valence-electron chi connectivity index (χ3n) is 2.77. The van der Waals surface area contributed by atoms with E-state index in [1.54, 1.807) is 0 Å². The number of aromatic nitrogens is 2. The highest BCUT2D eigenvalue weighted by atomic mass is 31.2. The van der Waals surface area contributed by atoms with Gasteiger partial charge in [-0.25, -0.2) is 9.36 Å². The minimum absolute atomic E-state index is 0.0289. The molecule has 0 radical (unpaired) electrons. The monoisotopic (exact) mass is 308 g/mol. The van der Waals surface area contributed by atoms with Gasteiger partial charge in [-0.3, -0.25) is 18.9 Å². The van der Waals surface area contributed by atoms with Gasteiger partial charge in [0.15, 0.2) is 0 Å². The summed E-state index contributed by atoms with van der Waals surface area (Å²) in [5, 5.41) is 9.72. The molecule has 0 unspecified atom stereocenters. The molecule has 3 atom stereocenters. The fourth-order valence-electron chi connectivity index (χ4n) is 1.86. The largest absolute Gasteiger partial charge is 0.469 e. The van der Waals surface area contributed by atoms with Gasteiger partial charge in [0.05, 0.1) is 12.7 Å². The lowest BCUT2D eigenvalue weighted by atomic mass is 10.2. The van der Waals surface area contributed by atoms with Crippen molar-refractivity contribution in [1.29, 1.82) is 0 Å². The van der Waals surface area contributed by atoms with Crippen LogP contribution in [-0.4, -0.2) is 43.3 Å². The first-order valence-corrected chi connectivity index (χ1v) is 7.14. The van der Waals surface area contributed by atoms with E-state index in [1.165, 1.54) is 6.20 Å². The molecular formula is C9H13N2O8P. The molecule has 0 saturated carbocycles. The highest BCUT2D eigenvalue weighted by Gasteiger charge is 2.36. The van der Waals surface area contributed by atoms with Gasteiger partial charge >= 0.3 is 13.5 Å². The van der Waals surface area contributed by atoms with Crippen LogP contribution in [0.3, 0.4) is 0 Å². The smallest absolute Gasteiger partial charge is 0.390 e. The predicted octanol–water partition coefficient (Wildman–Crippen LogP) is -1.71. The van der Waals surface area contributed by atoms with Gasteiger partial charge in [-0.2, -0.15) is 0 Å². The van der Waals surface area contributed by atoms with E-state index in [9.17, 15) is 19.3 Å². The van der Waals surface area contributed by atoms with E-state index >= 15 is 0 Å². The van der Waals surface area contributed by atoms with Crippen molar-refractivity contribution in [1.82, 2.24) is 9.55 Å². The van der Waals surface area contributed by atoms with Crippen molar-refractivity contribution < 1.29 is 28.7 Å². The normalized spacial score (nSPS) is 26.9. The molecule has 0 spiro atoms. The van der Waals surface area contributed by atoms with Gasteiger partial charge in [-0.05, 0) is 0 Å². The first-order valence-electron chi connectivity index (χ1n) is 5.61. The minimum atomic E-state index is -4.66. The Morgan fingerprint density at radius 2 is 2.20 bits per heavy atom. The molecule has 10 nitrogen and oxygen atoms in total. The van der Waals surface area contributed by atoms with Crippen LogP contribution in [0.5, 0.6) is 0 Å². The number of rotatable bonds is 4. The molecule has 0 amide bonds. The third-order valence-corrected chi connectivity index (χ3v) is 3.26. The van der Waals surface area contributed by atoms with E-state index < -0.39 is 44.1 Å². The quantitative estimate of drug-likeness (QED) is 0.480. The number of H-pyrrole nitrogens is 1. The SMILES string of the molecule is O=c1ccn([C@@H]2C[C@H](O)[C@@H](COP(=O)(O)O)O2)c(=O)[nH]1. The number of nitrogens with zero attached hydrogens (tertiary/aromatic N) is 1. The van der Waals surface area contributed by atoms with E-state index in [2.05, 4.69) is 4.52 Å². The molecule has 1 aromatic rings. The fraction of sp³-hybridized carbons (Fsp3) is 0.556. The van der Waals surface area contributed by atoms with Gasteiger partial charge in [0.2, 0.25) is 0 Å². The third kappa shape index (κ3) is 3.63. The number of aliphatic hydroxyl groups is 1. The number of ether oxygens (including phenoxy) is 1. The summed E-state index contributed by atoms with van der Waals surface area (Å²) in [5.74, 6) is 0. The lowest BCUT2D eigenvalue weighted by Crippen LogP contribution is -2.31. The molecule has 4 N–H and O–H groups in total. The van der Waals surface area contributed by atoms with Gasteiger partial charge in [-0.1, -0.05) is 0 Å². The van der Waals surface area contributed by atoms with E-state index in [0.717, 1.165) is 10.6 Å². The van der Waals surface area contributed by atoms with Crippen LogP contribution in [0.15, 0.2) is 21.9 Å². The second-order valence-electron chi connectivity index (χ2n) is 4.24. The number of aromatic amines is 1. The van der Waals surface area contributed by atoms with Gasteiger partial charge in [0.1, 0.15) is 12.3 Å². The minimum Gasteiger partial charge on any atom is -0.390 e. The number of phosphoric ester groups is 1. The molecule has 0 aromatic carbocycles. The summed E-state index contributed by atoms with van der Waals surface area (Å²) in [6, 6.07) is 1.12. The van der Waals surface area contributed by atoms with Crippen LogP contribution < -0.4 is 11.2 Å². The molecule has 1 saturated heterocycles. The fourth-order valence-corrected chi connectivity index (χ4v) is 2.20. The topological polar surface area (TPSA) is 151 Å². The Morgan fingerprint density at radius 1 is 1.50 bits per heavy atom. The second kappa shape index (κ2) is 5.60. The van der Waals surface area contributed by atoms with E-state index in [0.29, 0.717) is 0 Å². The van der Waals surface area contributed by atoms with Crippen molar-refractivity contribution in [2.75, 3.05) is 6.61 Å². The Hall–Kier alpha value is -1.29. The lowest BCUT2D eigenvalue weighted by molar-refractivity contribution is -0.0450. The zero-order valence-corrected chi connectivity index (χ0v) is 11.0. The van der Waals surface area contributed by atoms with Crippen LogP contribution >= 0.6 is 7.82 Å². The van der Waals surface area contributed by atoms with Crippen molar-refractivity contribution in [3.8, 4) is 0 Å². The van der Waals surface area contributed by atoms with Crippen molar-refractivity contribution in [2.45, 2.75) is 24.9 Å². The highest BCUT2D eigenvalue weighted by Crippen LogP contribution is 2.37. The van der Waals surface area contributed by atoms with Crippen molar-refractivity contribution in [3.63, 3.8) is 0 Å². The summed E-state index contributed by atoms with van der Waals surface area (Å²) < 4.78 is 21.2. The average molecular weight is 308 g/mol. The highest BCUT2D eigenvalue weighted by molar-refractivity contribution is 7.46. The maximum Gasteiger partial charge on any atom is 0.469 e. The van der Waals surface area contributed by atoms with Crippen molar-refractivity contribution >= 4 is 7.82 Å². The molecule has 1 aromatic heterocycles. The van der Waals surface area contributed by atoms with Gasteiger partial charge in [-0.15, -0.1) is 0 Å². The molecule has 1 fully saturated rings. The summed E-state index contributed by atoms with van der Waals surface area (Å²) in [4.78, 5) is 41.7.